The molecule has 37 heavy (non-hydrogen) atoms. The number of carbonyl (C=O) groups is 1. The third kappa shape index (κ3) is 5.04. The Kier molecular flexibility index (Phi) is 6.64. The molecular weight excluding hydrogens is 466 g/mol. The maximum absolute atomic E-state index is 13.6. The molecule has 0 saturated carbocycles. The third-order valence-electron chi connectivity index (χ3n) is 6.30. The first-order valence-corrected chi connectivity index (χ1v) is 12.0. The number of benzene rings is 3. The monoisotopic (exact) mass is 495 g/mol. The number of hydrogen-bond donors (Lipinski definition) is 2. The van der Waals surface area contributed by atoms with Crippen molar-refractivity contribution >= 4 is 17.5 Å². The largest absolute Gasteiger partial charge is 0.493 e. The van der Waals surface area contributed by atoms with Crippen LogP contribution in [0.15, 0.2) is 84.3 Å². The van der Waals surface area contributed by atoms with Gasteiger partial charge in [0.1, 0.15) is 19.0 Å². The highest BCUT2D eigenvalue weighted by molar-refractivity contribution is 6.06. The van der Waals surface area contributed by atoms with E-state index in [1.54, 1.807) is 11.8 Å². The molecule has 2 N–H and O–H groups in total. The van der Waals surface area contributed by atoms with Crippen molar-refractivity contribution in [2.45, 2.75) is 33.4 Å². The maximum Gasteiger partial charge on any atom is 0.255 e. The predicted octanol–water partition coefficient (Wildman–Crippen LogP) is 5.41. The number of anilines is 2. The number of carbonyl (C=O) groups excluding carboxylic acids is 1. The molecule has 0 spiro atoms. The van der Waals surface area contributed by atoms with Crippen LogP contribution in [0.3, 0.4) is 0 Å². The van der Waals surface area contributed by atoms with E-state index in [4.69, 9.17) is 9.47 Å². The summed E-state index contributed by atoms with van der Waals surface area (Å²) >= 11 is 0. The van der Waals surface area contributed by atoms with Gasteiger partial charge in [0.15, 0.2) is 11.5 Å². The minimum Gasteiger partial charge on any atom is -0.493 e. The van der Waals surface area contributed by atoms with Gasteiger partial charge < -0.3 is 20.1 Å². The molecule has 8 heteroatoms. The Morgan fingerprint density at radius 1 is 1.00 bits per heavy atom. The second-order valence-electron chi connectivity index (χ2n) is 9.11. The zero-order chi connectivity index (χ0) is 25.9. The summed E-state index contributed by atoms with van der Waals surface area (Å²) in [6.45, 7) is 6.33. The summed E-state index contributed by atoms with van der Waals surface area (Å²) in [5.74, 6) is 1.53. The minimum atomic E-state index is -0.511. The van der Waals surface area contributed by atoms with E-state index in [9.17, 15) is 4.79 Å². The van der Waals surface area contributed by atoms with E-state index < -0.39 is 6.04 Å². The van der Waals surface area contributed by atoms with Gasteiger partial charge in [-0.3, -0.25) is 4.79 Å². The number of nitrogens with one attached hydrogen (secondary N) is 2. The summed E-state index contributed by atoms with van der Waals surface area (Å²) in [6, 6.07) is 21.1. The van der Waals surface area contributed by atoms with Crippen LogP contribution in [0.25, 0.3) is 0 Å². The molecule has 0 bridgehead atoms. The summed E-state index contributed by atoms with van der Waals surface area (Å²) < 4.78 is 13.5. The zero-order valence-electron chi connectivity index (χ0n) is 21.3. The van der Waals surface area contributed by atoms with Crippen LogP contribution in [0.2, 0.25) is 0 Å². The van der Waals surface area contributed by atoms with Gasteiger partial charge in [-0.05, 0) is 61.7 Å². The van der Waals surface area contributed by atoms with Gasteiger partial charge in [0.2, 0.25) is 5.95 Å². The van der Waals surface area contributed by atoms with Crippen LogP contribution in [0.5, 0.6) is 11.5 Å². The number of nitrogens with zero attached hydrogens (tertiary/aromatic N) is 3. The molecule has 0 fully saturated rings. The van der Waals surface area contributed by atoms with Crippen LogP contribution >= 0.6 is 0 Å². The highest BCUT2D eigenvalue weighted by Crippen LogP contribution is 2.39. The average molecular weight is 496 g/mol. The molecule has 1 unspecified atom stereocenters. The Morgan fingerprint density at radius 2 is 1.78 bits per heavy atom. The lowest BCUT2D eigenvalue weighted by atomic mass is 9.94. The van der Waals surface area contributed by atoms with Crippen LogP contribution < -0.4 is 20.1 Å². The Balaban J connectivity index is 1.47. The van der Waals surface area contributed by atoms with Crippen molar-refractivity contribution in [1.29, 1.82) is 0 Å². The van der Waals surface area contributed by atoms with E-state index in [1.165, 1.54) is 11.9 Å². The Labute approximate surface area is 216 Å². The maximum atomic E-state index is 13.6. The average Bonchev–Trinajstić information content (AvgIpc) is 3.34. The van der Waals surface area contributed by atoms with E-state index in [1.807, 2.05) is 68.4 Å². The highest BCUT2D eigenvalue weighted by atomic mass is 16.5. The van der Waals surface area contributed by atoms with Gasteiger partial charge in [0.25, 0.3) is 5.91 Å². The van der Waals surface area contributed by atoms with Crippen molar-refractivity contribution in [1.82, 2.24) is 14.8 Å². The molecule has 1 aromatic heterocycles. The molecule has 5 rings (SSSR count). The van der Waals surface area contributed by atoms with Crippen LogP contribution in [0, 0.1) is 13.8 Å². The molecule has 1 atom stereocenters. The number of allylic oxidation sites excluding steroid dienone is 1. The lowest BCUT2D eigenvalue weighted by Crippen LogP contribution is -2.31. The quantitative estimate of drug-likeness (QED) is 0.356. The molecule has 0 saturated heterocycles. The minimum absolute atomic E-state index is 0.222. The molecule has 2 heterocycles. The summed E-state index contributed by atoms with van der Waals surface area (Å²) in [5, 5.41) is 10.7. The summed E-state index contributed by atoms with van der Waals surface area (Å²) in [7, 11) is 1.61. The Hall–Kier alpha value is -4.59. The normalized spacial score (nSPS) is 14.5. The van der Waals surface area contributed by atoms with E-state index in [0.29, 0.717) is 35.3 Å². The molecule has 1 amide bonds. The molecule has 0 aliphatic carbocycles. The summed E-state index contributed by atoms with van der Waals surface area (Å²) in [5.41, 5.74) is 6.10. The smallest absolute Gasteiger partial charge is 0.255 e. The highest BCUT2D eigenvalue weighted by Gasteiger charge is 2.34. The standard InChI is InChI=1S/C29H29N5O3/c1-18-7-5-9-21(13-18)16-37-24-12-11-22(15-25(24)36-4)27-26(20(3)32-29-30-17-31-34(27)29)28(35)33-23-10-6-8-19(2)14-23/h5-15,17,27H,16H2,1-4H3,(H,33,35)(H,30,31,32). The topological polar surface area (TPSA) is 90.3 Å². The van der Waals surface area contributed by atoms with E-state index in [-0.39, 0.29) is 5.91 Å². The first kappa shape index (κ1) is 24.1. The van der Waals surface area contributed by atoms with Crippen LogP contribution in [0.1, 0.15) is 35.2 Å². The third-order valence-corrected chi connectivity index (χ3v) is 6.30. The molecule has 3 aromatic carbocycles. The van der Waals surface area contributed by atoms with Crippen LogP contribution in [0.4, 0.5) is 11.6 Å². The van der Waals surface area contributed by atoms with Gasteiger partial charge in [-0.2, -0.15) is 10.1 Å². The number of aryl methyl sites for hydroxylation is 2. The van der Waals surface area contributed by atoms with Crippen molar-refractivity contribution in [2.75, 3.05) is 17.7 Å². The molecule has 4 aromatic rings. The number of ether oxygens (including phenoxy) is 2. The summed E-state index contributed by atoms with van der Waals surface area (Å²) in [6.07, 6.45) is 1.47. The van der Waals surface area contributed by atoms with E-state index in [2.05, 4.69) is 39.8 Å². The Morgan fingerprint density at radius 3 is 2.54 bits per heavy atom. The fourth-order valence-electron chi connectivity index (χ4n) is 4.55. The number of fused-ring (bicyclic) bond motifs is 1. The van der Waals surface area contributed by atoms with Crippen molar-refractivity contribution in [3.8, 4) is 11.5 Å². The van der Waals surface area contributed by atoms with Crippen molar-refractivity contribution in [2.24, 2.45) is 0 Å². The van der Waals surface area contributed by atoms with E-state index >= 15 is 0 Å². The van der Waals surface area contributed by atoms with Gasteiger partial charge >= 0.3 is 0 Å². The van der Waals surface area contributed by atoms with Crippen molar-refractivity contribution < 1.29 is 14.3 Å². The molecule has 188 valence electrons. The van der Waals surface area contributed by atoms with Gasteiger partial charge in [-0.25, -0.2) is 4.68 Å². The number of amides is 1. The van der Waals surface area contributed by atoms with Crippen LogP contribution in [-0.4, -0.2) is 27.8 Å². The fraction of sp³-hybridized carbons (Fsp3) is 0.207. The Bertz CT molecular complexity index is 1490. The van der Waals surface area contributed by atoms with Gasteiger partial charge in [0.05, 0.1) is 12.7 Å². The van der Waals surface area contributed by atoms with Gasteiger partial charge in [-0.1, -0.05) is 48.0 Å². The lowest BCUT2D eigenvalue weighted by molar-refractivity contribution is -0.113. The van der Waals surface area contributed by atoms with Crippen LogP contribution in [-0.2, 0) is 11.4 Å². The molecule has 1 aliphatic rings. The van der Waals surface area contributed by atoms with E-state index in [0.717, 1.165) is 22.4 Å². The van der Waals surface area contributed by atoms with Crippen molar-refractivity contribution in [3.63, 3.8) is 0 Å². The zero-order valence-corrected chi connectivity index (χ0v) is 21.3. The summed E-state index contributed by atoms with van der Waals surface area (Å²) in [4.78, 5) is 17.9. The second-order valence-corrected chi connectivity index (χ2v) is 9.11. The lowest BCUT2D eigenvalue weighted by Gasteiger charge is -2.29. The number of hydrogen-bond acceptors (Lipinski definition) is 6. The first-order valence-electron chi connectivity index (χ1n) is 12.0. The SMILES string of the molecule is COc1cc(C2C(C(=O)Nc3cccc(C)c3)=C(C)Nc3ncnn32)ccc1OCc1cccc(C)c1. The van der Waals surface area contributed by atoms with Gasteiger partial charge in [0, 0.05) is 11.4 Å². The molecular formula is C29H29N5O3. The number of aromatic nitrogens is 3. The van der Waals surface area contributed by atoms with Gasteiger partial charge in [-0.15, -0.1) is 0 Å². The predicted molar refractivity (Wildman–Crippen MR) is 143 cm³/mol. The molecule has 8 nitrogen and oxygen atoms in total. The number of rotatable bonds is 7. The second kappa shape index (κ2) is 10.2. The molecule has 1 aliphatic heterocycles. The first-order chi connectivity index (χ1) is 17.9. The number of methoxy groups -OCH3 is 1. The molecule has 0 radical (unpaired) electrons. The van der Waals surface area contributed by atoms with Crippen molar-refractivity contribution in [3.05, 3.63) is 107 Å². The fourth-order valence-corrected chi connectivity index (χ4v) is 4.55.